The Morgan fingerprint density at radius 1 is 1.00 bits per heavy atom. The molecule has 3 aromatic rings. The highest BCUT2D eigenvalue weighted by Crippen LogP contribution is 2.46. The fourth-order valence-corrected chi connectivity index (χ4v) is 9.93. The van der Waals surface area contributed by atoms with Crippen molar-refractivity contribution in [3.8, 4) is 11.5 Å². The summed E-state index contributed by atoms with van der Waals surface area (Å²) in [5, 5.41) is 25.2. The first kappa shape index (κ1) is 33.1. The van der Waals surface area contributed by atoms with Gasteiger partial charge in [0.25, 0.3) is 0 Å². The van der Waals surface area contributed by atoms with Crippen LogP contribution in [0.1, 0.15) is 39.0 Å². The highest BCUT2D eigenvalue weighted by atomic mass is 32.2. The van der Waals surface area contributed by atoms with Crippen molar-refractivity contribution in [2.45, 2.75) is 71.3 Å². The molecule has 46 heavy (non-hydrogen) atoms. The number of aliphatic hydroxyl groups excluding tert-OH is 2. The number of piperidine rings is 1. The molecular weight excluding hydrogens is 633 g/mol. The van der Waals surface area contributed by atoms with Gasteiger partial charge in [0.15, 0.2) is 9.84 Å². The normalized spacial score (nSPS) is 21.8. The lowest BCUT2D eigenvalue weighted by Crippen LogP contribution is -2.47. The smallest absolute Gasteiger partial charge is 0.246 e. The minimum absolute atomic E-state index is 0.00969. The topological polar surface area (TPSA) is 152 Å². The van der Waals surface area contributed by atoms with E-state index in [1.807, 2.05) is 37.3 Å². The van der Waals surface area contributed by atoms with E-state index in [1.54, 1.807) is 18.2 Å². The number of sulfone groups is 1. The Morgan fingerprint density at radius 2 is 1.76 bits per heavy atom. The summed E-state index contributed by atoms with van der Waals surface area (Å²) in [4.78, 5) is 0.279. The zero-order valence-electron chi connectivity index (χ0n) is 25.9. The molecule has 6 rings (SSSR count). The van der Waals surface area contributed by atoms with Crippen molar-refractivity contribution in [2.24, 2.45) is 0 Å². The average molecular weight is 675 g/mol. The van der Waals surface area contributed by atoms with E-state index in [9.17, 15) is 27.0 Å². The molecule has 1 saturated carbocycles. The summed E-state index contributed by atoms with van der Waals surface area (Å²) in [7, 11) is -7.46. The van der Waals surface area contributed by atoms with E-state index in [0.717, 1.165) is 10.8 Å². The summed E-state index contributed by atoms with van der Waals surface area (Å²) in [5.74, 6) is 0.715. The first-order chi connectivity index (χ1) is 22.0. The number of rotatable bonds is 13. The SMILES string of the molecule is CCOc1c(S(=O)(=O)N2CCC3(CC2)C[C@@H](NC[C@H](O)COc2cccc(S(=O)(=O)C4(CO)CC4)c2)CO3)ccc2ccccc12. The first-order valence-electron chi connectivity index (χ1n) is 15.8. The van der Waals surface area contributed by atoms with Gasteiger partial charge in [-0.1, -0.05) is 36.4 Å². The lowest BCUT2D eigenvalue weighted by molar-refractivity contribution is -0.0312. The van der Waals surface area contributed by atoms with Crippen LogP contribution in [-0.4, -0.2) is 99.9 Å². The van der Waals surface area contributed by atoms with Crippen LogP contribution >= 0.6 is 0 Å². The lowest BCUT2D eigenvalue weighted by atomic mass is 9.88. The Labute approximate surface area is 270 Å². The number of hydrogen-bond acceptors (Lipinski definition) is 10. The van der Waals surface area contributed by atoms with Gasteiger partial charge >= 0.3 is 0 Å². The predicted molar refractivity (Wildman–Crippen MR) is 172 cm³/mol. The van der Waals surface area contributed by atoms with E-state index in [0.29, 0.717) is 69.9 Å². The minimum Gasteiger partial charge on any atom is -0.492 e. The Morgan fingerprint density at radius 3 is 2.48 bits per heavy atom. The predicted octanol–water partition coefficient (Wildman–Crippen LogP) is 2.88. The summed E-state index contributed by atoms with van der Waals surface area (Å²) in [5.41, 5.74) is -0.434. The Kier molecular flexibility index (Phi) is 9.38. The number of nitrogens with one attached hydrogen (secondary N) is 1. The van der Waals surface area contributed by atoms with Gasteiger partial charge in [0, 0.05) is 31.1 Å². The molecule has 250 valence electrons. The third-order valence-electron chi connectivity index (χ3n) is 9.46. The molecule has 1 aliphatic carbocycles. The van der Waals surface area contributed by atoms with Gasteiger partial charge in [-0.3, -0.25) is 0 Å². The highest BCUT2D eigenvalue weighted by molar-refractivity contribution is 7.93. The van der Waals surface area contributed by atoms with Crippen LogP contribution in [0.25, 0.3) is 10.8 Å². The third kappa shape index (κ3) is 6.38. The summed E-state index contributed by atoms with van der Waals surface area (Å²) in [6.07, 6.45) is 1.84. The van der Waals surface area contributed by atoms with Gasteiger partial charge in [0.2, 0.25) is 10.0 Å². The van der Waals surface area contributed by atoms with E-state index >= 15 is 0 Å². The van der Waals surface area contributed by atoms with E-state index in [4.69, 9.17) is 14.2 Å². The monoisotopic (exact) mass is 674 g/mol. The van der Waals surface area contributed by atoms with Gasteiger partial charge < -0.3 is 29.7 Å². The molecule has 0 bridgehead atoms. The van der Waals surface area contributed by atoms with Crippen molar-refractivity contribution < 1.29 is 41.3 Å². The molecule has 13 heteroatoms. The summed E-state index contributed by atoms with van der Waals surface area (Å²) < 4.78 is 71.6. The van der Waals surface area contributed by atoms with Gasteiger partial charge in [-0.2, -0.15) is 4.31 Å². The van der Waals surface area contributed by atoms with Crippen LogP contribution in [0.3, 0.4) is 0 Å². The summed E-state index contributed by atoms with van der Waals surface area (Å²) >= 11 is 0. The number of sulfonamides is 1. The molecule has 0 aromatic heterocycles. The molecule has 3 aliphatic rings. The number of fused-ring (bicyclic) bond motifs is 1. The standard InChI is InChI=1S/C33H42N2O9S2/c1-2-42-31-29-9-4-3-6-24(29)10-11-30(31)46(40,41)35-16-14-32(15-17-35)19-25(21-44-32)34-20-26(37)22-43-27-7-5-8-28(18-27)45(38,39)33(23-36)12-13-33/h3-11,18,25-26,34,36-37H,2,12-17,19-23H2,1H3/t25-,26+/m1/s1. The molecular formula is C33H42N2O9S2. The molecule has 2 atom stereocenters. The second-order valence-corrected chi connectivity index (χ2v) is 16.8. The van der Waals surface area contributed by atoms with Crippen LogP contribution < -0.4 is 14.8 Å². The van der Waals surface area contributed by atoms with Crippen molar-refractivity contribution in [3.63, 3.8) is 0 Å². The average Bonchev–Trinajstić information content (AvgIpc) is 3.79. The fourth-order valence-electron chi connectivity index (χ4n) is 6.50. The van der Waals surface area contributed by atoms with Gasteiger partial charge in [-0.05, 0) is 68.7 Å². The molecule has 11 nitrogen and oxygen atoms in total. The van der Waals surface area contributed by atoms with Crippen molar-refractivity contribution >= 4 is 30.6 Å². The summed E-state index contributed by atoms with van der Waals surface area (Å²) in [6.45, 7) is 3.11. The lowest BCUT2D eigenvalue weighted by Gasteiger charge is -2.38. The zero-order chi connectivity index (χ0) is 32.6. The van der Waals surface area contributed by atoms with E-state index in [-0.39, 0.29) is 29.0 Å². The minimum atomic E-state index is -3.79. The molecule has 2 aliphatic heterocycles. The first-order valence-corrected chi connectivity index (χ1v) is 18.7. The molecule has 0 amide bonds. The molecule has 0 unspecified atom stereocenters. The second kappa shape index (κ2) is 13.0. The van der Waals surface area contributed by atoms with E-state index in [1.165, 1.54) is 16.4 Å². The third-order valence-corrected chi connectivity index (χ3v) is 13.9. The van der Waals surface area contributed by atoms with Crippen molar-refractivity contribution in [1.29, 1.82) is 0 Å². The van der Waals surface area contributed by atoms with Crippen LogP contribution in [0.5, 0.6) is 11.5 Å². The zero-order valence-corrected chi connectivity index (χ0v) is 27.6. The maximum Gasteiger partial charge on any atom is 0.246 e. The Hall–Kier alpha value is -2.78. The molecule has 3 fully saturated rings. The summed E-state index contributed by atoms with van der Waals surface area (Å²) in [6, 6.07) is 17.2. The Balaban J connectivity index is 0.999. The maximum atomic E-state index is 13.8. The van der Waals surface area contributed by atoms with E-state index < -0.39 is 42.9 Å². The van der Waals surface area contributed by atoms with E-state index in [2.05, 4.69) is 5.32 Å². The number of aliphatic hydroxyl groups is 2. The van der Waals surface area contributed by atoms with Crippen molar-refractivity contribution in [2.75, 3.05) is 46.1 Å². The van der Waals surface area contributed by atoms with Gasteiger partial charge in [0.1, 0.15) is 29.1 Å². The molecule has 2 heterocycles. The Bertz CT molecular complexity index is 1770. The molecule has 3 N–H and O–H groups in total. The van der Waals surface area contributed by atoms with Gasteiger partial charge in [-0.15, -0.1) is 0 Å². The molecule has 0 radical (unpaired) electrons. The number of hydrogen-bond donors (Lipinski definition) is 3. The second-order valence-electron chi connectivity index (χ2n) is 12.5. The van der Waals surface area contributed by atoms with Crippen LogP contribution in [0, 0.1) is 0 Å². The van der Waals surface area contributed by atoms with Crippen LogP contribution in [-0.2, 0) is 24.6 Å². The number of ether oxygens (including phenoxy) is 3. The van der Waals surface area contributed by atoms with Crippen LogP contribution in [0.2, 0.25) is 0 Å². The van der Waals surface area contributed by atoms with Crippen LogP contribution in [0.15, 0.2) is 70.5 Å². The van der Waals surface area contributed by atoms with Gasteiger partial charge in [0.05, 0.1) is 35.1 Å². The maximum absolute atomic E-state index is 13.8. The largest absolute Gasteiger partial charge is 0.492 e. The fraction of sp³-hybridized carbons (Fsp3) is 0.515. The molecule has 2 saturated heterocycles. The van der Waals surface area contributed by atoms with Crippen molar-refractivity contribution in [1.82, 2.24) is 9.62 Å². The van der Waals surface area contributed by atoms with Crippen LogP contribution in [0.4, 0.5) is 0 Å². The quantitative estimate of drug-likeness (QED) is 0.247. The molecule has 1 spiro atoms. The highest BCUT2D eigenvalue weighted by Gasteiger charge is 2.54. The molecule has 3 aromatic carbocycles. The number of nitrogens with zero attached hydrogens (tertiary/aromatic N) is 1. The van der Waals surface area contributed by atoms with Gasteiger partial charge in [-0.25, -0.2) is 16.8 Å². The number of benzene rings is 3. The van der Waals surface area contributed by atoms with Crippen molar-refractivity contribution in [3.05, 3.63) is 60.7 Å².